The number of oxazole rings is 1. The molecule has 31 heavy (non-hydrogen) atoms. The fourth-order valence-electron chi connectivity index (χ4n) is 2.71. The highest BCUT2D eigenvalue weighted by Gasteiger charge is 2.21. The zero-order valence-electron chi connectivity index (χ0n) is 16.0. The molecule has 0 unspecified atom stereocenters. The van der Waals surface area contributed by atoms with Crippen molar-refractivity contribution in [1.29, 1.82) is 0 Å². The van der Waals surface area contributed by atoms with E-state index in [4.69, 9.17) is 4.42 Å². The monoisotopic (exact) mass is 439 g/mol. The largest absolute Gasteiger partial charge is 0.438 e. The normalized spacial score (nSPS) is 11.3. The van der Waals surface area contributed by atoms with E-state index < -0.39 is 21.6 Å². The van der Waals surface area contributed by atoms with E-state index in [0.29, 0.717) is 11.3 Å². The highest BCUT2D eigenvalue weighted by Crippen LogP contribution is 2.25. The molecular formula is C20H14FN5O4S. The van der Waals surface area contributed by atoms with Crippen molar-refractivity contribution in [3.8, 4) is 22.8 Å². The number of rotatable bonds is 5. The van der Waals surface area contributed by atoms with Crippen molar-refractivity contribution in [2.24, 2.45) is 0 Å². The lowest BCUT2D eigenvalue weighted by molar-refractivity contribution is 0.0996. The third-order valence-electron chi connectivity index (χ3n) is 4.20. The average Bonchev–Trinajstić information content (AvgIpc) is 3.25. The SMILES string of the molecule is CS(=O)(=O)c1ccc(-c2ncoc2C(=O)Nc2nc(-c3ccccn3)ncc2F)cc1. The van der Waals surface area contributed by atoms with Crippen LogP contribution < -0.4 is 5.32 Å². The first kappa shape index (κ1) is 20.3. The van der Waals surface area contributed by atoms with E-state index in [1.807, 2.05) is 0 Å². The van der Waals surface area contributed by atoms with Crippen LogP contribution in [0, 0.1) is 5.82 Å². The molecule has 0 fully saturated rings. The molecule has 0 saturated heterocycles. The number of sulfone groups is 1. The van der Waals surface area contributed by atoms with Crippen LogP contribution in [0.4, 0.5) is 10.2 Å². The second kappa shape index (κ2) is 8.03. The Bertz CT molecular complexity index is 1360. The van der Waals surface area contributed by atoms with E-state index in [1.165, 1.54) is 30.5 Å². The van der Waals surface area contributed by atoms with Crippen molar-refractivity contribution in [3.63, 3.8) is 0 Å². The highest BCUT2D eigenvalue weighted by molar-refractivity contribution is 7.90. The molecule has 9 nitrogen and oxygen atoms in total. The Labute approximate surface area is 176 Å². The second-order valence-electron chi connectivity index (χ2n) is 6.39. The van der Waals surface area contributed by atoms with E-state index in [-0.39, 0.29) is 28.0 Å². The smallest absolute Gasteiger partial charge is 0.294 e. The number of hydrogen-bond donors (Lipinski definition) is 1. The van der Waals surface area contributed by atoms with Gasteiger partial charge in [0.1, 0.15) is 11.4 Å². The molecule has 4 rings (SSSR count). The number of hydrogen-bond acceptors (Lipinski definition) is 8. The average molecular weight is 439 g/mol. The molecule has 0 aliphatic carbocycles. The summed E-state index contributed by atoms with van der Waals surface area (Å²) < 4.78 is 42.6. The standard InChI is InChI=1S/C20H14FN5O4S/c1-31(28,29)13-7-5-12(6-8-13)16-17(30-11-24-16)20(27)26-18-14(21)10-23-19(25-18)15-4-2-3-9-22-15/h2-11H,1H3,(H,23,25,26,27). The molecule has 0 atom stereocenters. The lowest BCUT2D eigenvalue weighted by Gasteiger charge is -2.07. The first-order valence-electron chi connectivity index (χ1n) is 8.82. The lowest BCUT2D eigenvalue weighted by Crippen LogP contribution is -2.15. The van der Waals surface area contributed by atoms with Crippen LogP contribution in [-0.2, 0) is 9.84 Å². The highest BCUT2D eigenvalue weighted by atomic mass is 32.2. The maximum Gasteiger partial charge on any atom is 0.294 e. The van der Waals surface area contributed by atoms with Gasteiger partial charge in [-0.05, 0) is 24.3 Å². The van der Waals surface area contributed by atoms with Gasteiger partial charge in [-0.15, -0.1) is 0 Å². The predicted octanol–water partition coefficient (Wildman–Crippen LogP) is 2.99. The Morgan fingerprint density at radius 1 is 1.06 bits per heavy atom. The number of carbonyl (C=O) groups excluding carboxylic acids is 1. The molecule has 0 aliphatic heterocycles. The van der Waals surface area contributed by atoms with Crippen LogP contribution in [-0.4, -0.2) is 40.5 Å². The molecule has 0 radical (unpaired) electrons. The Hall–Kier alpha value is -3.99. The van der Waals surface area contributed by atoms with Gasteiger partial charge in [0.05, 0.1) is 11.1 Å². The number of nitrogens with zero attached hydrogens (tertiary/aromatic N) is 4. The molecular weight excluding hydrogens is 425 g/mol. The molecule has 11 heteroatoms. The van der Waals surface area contributed by atoms with Crippen LogP contribution in [0.1, 0.15) is 10.6 Å². The number of anilines is 1. The summed E-state index contributed by atoms with van der Waals surface area (Å²) in [7, 11) is -3.37. The van der Waals surface area contributed by atoms with Gasteiger partial charge in [0.15, 0.2) is 33.7 Å². The first-order chi connectivity index (χ1) is 14.8. The summed E-state index contributed by atoms with van der Waals surface area (Å²) in [5.41, 5.74) is 1.02. The van der Waals surface area contributed by atoms with Crippen molar-refractivity contribution >= 4 is 21.6 Å². The molecule has 3 heterocycles. The van der Waals surface area contributed by atoms with Gasteiger partial charge in [-0.3, -0.25) is 9.78 Å². The molecule has 1 amide bonds. The summed E-state index contributed by atoms with van der Waals surface area (Å²) in [6, 6.07) is 10.9. The summed E-state index contributed by atoms with van der Waals surface area (Å²) in [5, 5.41) is 2.35. The van der Waals surface area contributed by atoms with Crippen molar-refractivity contribution < 1.29 is 22.0 Å². The predicted molar refractivity (Wildman–Crippen MR) is 108 cm³/mol. The number of aromatic nitrogens is 4. The first-order valence-corrected chi connectivity index (χ1v) is 10.7. The summed E-state index contributed by atoms with van der Waals surface area (Å²) in [4.78, 5) is 28.9. The summed E-state index contributed by atoms with van der Waals surface area (Å²) in [6.45, 7) is 0. The minimum absolute atomic E-state index is 0.121. The number of benzene rings is 1. The van der Waals surface area contributed by atoms with Crippen LogP contribution in [0.25, 0.3) is 22.8 Å². The number of nitrogens with one attached hydrogen (secondary N) is 1. The van der Waals surface area contributed by atoms with Gasteiger partial charge in [-0.1, -0.05) is 18.2 Å². The maximum atomic E-state index is 14.2. The Kier molecular flexibility index (Phi) is 5.26. The van der Waals surface area contributed by atoms with Gasteiger partial charge in [-0.25, -0.2) is 27.8 Å². The fourth-order valence-corrected chi connectivity index (χ4v) is 3.34. The van der Waals surface area contributed by atoms with Crippen LogP contribution in [0.2, 0.25) is 0 Å². The van der Waals surface area contributed by atoms with E-state index in [2.05, 4.69) is 25.3 Å². The lowest BCUT2D eigenvalue weighted by atomic mass is 10.1. The quantitative estimate of drug-likeness (QED) is 0.503. The van der Waals surface area contributed by atoms with Crippen LogP contribution >= 0.6 is 0 Å². The molecule has 1 N–H and O–H groups in total. The summed E-state index contributed by atoms with van der Waals surface area (Å²) >= 11 is 0. The molecule has 0 spiro atoms. The van der Waals surface area contributed by atoms with Crippen molar-refractivity contribution in [2.75, 3.05) is 11.6 Å². The Morgan fingerprint density at radius 3 is 2.52 bits per heavy atom. The van der Waals surface area contributed by atoms with Crippen LogP contribution in [0.15, 0.2) is 70.6 Å². The minimum atomic E-state index is -3.37. The van der Waals surface area contributed by atoms with Gasteiger partial charge in [0.25, 0.3) is 5.91 Å². The van der Waals surface area contributed by atoms with Crippen molar-refractivity contribution in [3.05, 3.63) is 72.8 Å². The van der Waals surface area contributed by atoms with Crippen molar-refractivity contribution in [2.45, 2.75) is 4.90 Å². The molecule has 156 valence electrons. The van der Waals surface area contributed by atoms with Gasteiger partial charge in [-0.2, -0.15) is 0 Å². The van der Waals surface area contributed by atoms with E-state index in [0.717, 1.165) is 18.8 Å². The number of halogens is 1. The number of amides is 1. The topological polar surface area (TPSA) is 128 Å². The molecule has 0 bridgehead atoms. The zero-order chi connectivity index (χ0) is 22.0. The van der Waals surface area contributed by atoms with E-state index >= 15 is 0 Å². The maximum absolute atomic E-state index is 14.2. The van der Waals surface area contributed by atoms with Crippen LogP contribution in [0.3, 0.4) is 0 Å². The van der Waals surface area contributed by atoms with Gasteiger partial charge in [0, 0.05) is 18.0 Å². The molecule has 3 aromatic heterocycles. The molecule has 0 aliphatic rings. The molecule has 4 aromatic rings. The van der Waals surface area contributed by atoms with E-state index in [1.54, 1.807) is 18.2 Å². The van der Waals surface area contributed by atoms with Gasteiger partial charge >= 0.3 is 0 Å². The van der Waals surface area contributed by atoms with Crippen LogP contribution in [0.5, 0.6) is 0 Å². The summed E-state index contributed by atoms with van der Waals surface area (Å²) in [6.07, 6.45) is 4.62. The fraction of sp³-hybridized carbons (Fsp3) is 0.0500. The Morgan fingerprint density at radius 2 is 1.84 bits per heavy atom. The summed E-state index contributed by atoms with van der Waals surface area (Å²) in [5.74, 6) is -2.04. The third kappa shape index (κ3) is 4.31. The van der Waals surface area contributed by atoms with Gasteiger partial charge < -0.3 is 9.73 Å². The molecule has 0 saturated carbocycles. The minimum Gasteiger partial charge on any atom is -0.438 e. The second-order valence-corrected chi connectivity index (χ2v) is 8.40. The molecule has 1 aromatic carbocycles. The Balaban J connectivity index is 1.62. The van der Waals surface area contributed by atoms with Crippen molar-refractivity contribution in [1.82, 2.24) is 19.9 Å². The van der Waals surface area contributed by atoms with E-state index in [9.17, 15) is 17.6 Å². The third-order valence-corrected chi connectivity index (χ3v) is 5.33. The van der Waals surface area contributed by atoms with Gasteiger partial charge in [0.2, 0.25) is 5.76 Å². The zero-order valence-corrected chi connectivity index (χ0v) is 16.8. The number of pyridine rings is 1. The number of carbonyl (C=O) groups is 1.